The maximum atomic E-state index is 5.55. The maximum Gasteiger partial charge on any atom is 0.191 e. The SMILES string of the molecule is CC(C)(C)OPO[Si](C)(C)C. The van der Waals surface area contributed by atoms with Crippen LogP contribution < -0.4 is 0 Å². The first-order valence-corrected chi connectivity index (χ1v) is 8.04. The number of hydrogen-bond donors (Lipinski definition) is 0. The zero-order chi connectivity index (χ0) is 9.12. The molecule has 0 amide bonds. The lowest BCUT2D eigenvalue weighted by Crippen LogP contribution is -2.22. The zero-order valence-electron chi connectivity index (χ0n) is 8.32. The van der Waals surface area contributed by atoms with Gasteiger partial charge in [0.15, 0.2) is 8.32 Å². The van der Waals surface area contributed by atoms with Crippen molar-refractivity contribution >= 4 is 17.4 Å². The Kier molecular flexibility index (Phi) is 4.20. The van der Waals surface area contributed by atoms with Crippen molar-refractivity contribution in [3.63, 3.8) is 0 Å². The van der Waals surface area contributed by atoms with Crippen molar-refractivity contribution in [3.05, 3.63) is 0 Å². The fourth-order valence-electron chi connectivity index (χ4n) is 0.271. The molecule has 0 aromatic carbocycles. The van der Waals surface area contributed by atoms with E-state index in [1.807, 2.05) is 20.8 Å². The molecular formula is C7H19O2PSi. The number of rotatable bonds is 3. The third-order valence-corrected chi connectivity index (χ3v) is 4.17. The van der Waals surface area contributed by atoms with Crippen molar-refractivity contribution in [2.75, 3.05) is 0 Å². The standard InChI is InChI=1S/C7H19O2PSi/c1-7(2,3)8-10-9-11(4,5)6/h10H,1-6H3. The van der Waals surface area contributed by atoms with Crippen molar-refractivity contribution in [2.24, 2.45) is 0 Å². The first kappa shape index (κ1) is 11.6. The Labute approximate surface area is 72.7 Å². The molecule has 0 aromatic rings. The van der Waals surface area contributed by atoms with E-state index in [9.17, 15) is 0 Å². The third kappa shape index (κ3) is 10.6. The van der Waals surface area contributed by atoms with Crippen LogP contribution in [0.5, 0.6) is 0 Å². The molecule has 1 atom stereocenters. The minimum atomic E-state index is -1.37. The number of hydrogen-bond acceptors (Lipinski definition) is 2. The Morgan fingerprint density at radius 2 is 1.55 bits per heavy atom. The molecule has 2 nitrogen and oxygen atoms in total. The fourth-order valence-corrected chi connectivity index (χ4v) is 1.69. The summed E-state index contributed by atoms with van der Waals surface area (Å²) in [6, 6.07) is 0. The van der Waals surface area contributed by atoms with Crippen LogP contribution in [0.15, 0.2) is 0 Å². The van der Waals surface area contributed by atoms with Crippen LogP contribution in [0.25, 0.3) is 0 Å². The summed E-state index contributed by atoms with van der Waals surface area (Å²) in [4.78, 5) is 0. The Hall–Kier alpha value is 0.567. The van der Waals surface area contributed by atoms with E-state index in [2.05, 4.69) is 19.6 Å². The average molecular weight is 194 g/mol. The fraction of sp³-hybridized carbons (Fsp3) is 1.00. The minimum absolute atomic E-state index is 0.0713. The predicted octanol–water partition coefficient (Wildman–Crippen LogP) is 3.16. The Morgan fingerprint density at radius 1 is 1.09 bits per heavy atom. The highest BCUT2D eigenvalue weighted by molar-refractivity contribution is 7.29. The molecule has 0 aromatic heterocycles. The summed E-state index contributed by atoms with van der Waals surface area (Å²) in [6.45, 7) is 12.6. The van der Waals surface area contributed by atoms with E-state index >= 15 is 0 Å². The summed E-state index contributed by atoms with van der Waals surface area (Å²) in [6.07, 6.45) is 0. The van der Waals surface area contributed by atoms with Gasteiger partial charge in [-0.3, -0.25) is 0 Å². The molecule has 0 fully saturated rings. The van der Waals surface area contributed by atoms with Crippen LogP contribution >= 0.6 is 9.03 Å². The second-order valence-electron chi connectivity index (χ2n) is 4.51. The monoisotopic (exact) mass is 194 g/mol. The van der Waals surface area contributed by atoms with E-state index in [0.717, 1.165) is 0 Å². The predicted molar refractivity (Wildman–Crippen MR) is 53.6 cm³/mol. The summed E-state index contributed by atoms with van der Waals surface area (Å²) in [5, 5.41) is 0. The van der Waals surface area contributed by atoms with Gasteiger partial charge in [-0.2, -0.15) is 0 Å². The van der Waals surface area contributed by atoms with Gasteiger partial charge in [0, 0.05) is 0 Å². The van der Waals surface area contributed by atoms with Crippen molar-refractivity contribution in [3.8, 4) is 0 Å². The summed E-state index contributed by atoms with van der Waals surface area (Å²) in [7, 11) is -1.17. The van der Waals surface area contributed by atoms with Gasteiger partial charge in [-0.1, -0.05) is 0 Å². The molecule has 0 saturated carbocycles. The molecule has 0 saturated heterocycles. The first-order valence-electron chi connectivity index (χ1n) is 3.82. The highest BCUT2D eigenvalue weighted by atomic mass is 31.1. The summed E-state index contributed by atoms with van der Waals surface area (Å²) in [5.74, 6) is 0. The van der Waals surface area contributed by atoms with Crippen LogP contribution in [-0.2, 0) is 8.74 Å². The molecule has 0 aliphatic rings. The van der Waals surface area contributed by atoms with E-state index in [1.54, 1.807) is 0 Å². The van der Waals surface area contributed by atoms with Crippen molar-refractivity contribution < 1.29 is 8.74 Å². The summed E-state index contributed by atoms with van der Waals surface area (Å²) in [5.41, 5.74) is -0.0713. The topological polar surface area (TPSA) is 18.5 Å². The normalized spacial score (nSPS) is 14.7. The van der Waals surface area contributed by atoms with Gasteiger partial charge in [-0.25, -0.2) is 0 Å². The second-order valence-corrected chi connectivity index (χ2v) is 9.92. The van der Waals surface area contributed by atoms with Gasteiger partial charge in [0.1, 0.15) is 9.03 Å². The lowest BCUT2D eigenvalue weighted by Gasteiger charge is -2.22. The van der Waals surface area contributed by atoms with Gasteiger partial charge in [0.2, 0.25) is 0 Å². The molecule has 0 bridgehead atoms. The van der Waals surface area contributed by atoms with Gasteiger partial charge in [-0.15, -0.1) is 0 Å². The van der Waals surface area contributed by atoms with Crippen molar-refractivity contribution in [1.29, 1.82) is 0 Å². The third-order valence-electron chi connectivity index (χ3n) is 0.696. The molecule has 4 heteroatoms. The van der Waals surface area contributed by atoms with Gasteiger partial charge < -0.3 is 8.74 Å². The quantitative estimate of drug-likeness (QED) is 0.507. The highest BCUT2D eigenvalue weighted by Gasteiger charge is 2.17. The molecule has 1 unspecified atom stereocenters. The lowest BCUT2D eigenvalue weighted by atomic mass is 10.2. The molecule has 0 heterocycles. The molecule has 0 spiro atoms. The lowest BCUT2D eigenvalue weighted by molar-refractivity contribution is 0.143. The van der Waals surface area contributed by atoms with Crippen LogP contribution in [0.4, 0.5) is 0 Å². The van der Waals surface area contributed by atoms with E-state index in [1.165, 1.54) is 0 Å². The molecule has 0 aliphatic carbocycles. The zero-order valence-corrected chi connectivity index (χ0v) is 10.3. The van der Waals surface area contributed by atoms with Crippen molar-refractivity contribution in [1.82, 2.24) is 0 Å². The van der Waals surface area contributed by atoms with Crippen LogP contribution in [0.3, 0.4) is 0 Å². The van der Waals surface area contributed by atoms with E-state index in [0.29, 0.717) is 0 Å². The Bertz CT molecular complexity index is 101. The Morgan fingerprint density at radius 3 is 1.82 bits per heavy atom. The Balaban J connectivity index is 3.44. The highest BCUT2D eigenvalue weighted by Crippen LogP contribution is 2.27. The molecule has 0 N–H and O–H groups in total. The van der Waals surface area contributed by atoms with Crippen LogP contribution in [-0.4, -0.2) is 13.9 Å². The molecule has 11 heavy (non-hydrogen) atoms. The van der Waals surface area contributed by atoms with Crippen LogP contribution in [0.1, 0.15) is 20.8 Å². The smallest absolute Gasteiger partial charge is 0.191 e. The van der Waals surface area contributed by atoms with E-state index in [-0.39, 0.29) is 14.6 Å². The maximum absolute atomic E-state index is 5.55. The van der Waals surface area contributed by atoms with Crippen molar-refractivity contribution in [2.45, 2.75) is 46.0 Å². The van der Waals surface area contributed by atoms with Gasteiger partial charge in [0.05, 0.1) is 5.60 Å². The van der Waals surface area contributed by atoms with Gasteiger partial charge in [-0.05, 0) is 40.4 Å². The van der Waals surface area contributed by atoms with E-state index in [4.69, 9.17) is 8.74 Å². The molecule has 0 radical (unpaired) electrons. The van der Waals surface area contributed by atoms with Crippen LogP contribution in [0, 0.1) is 0 Å². The first-order chi connectivity index (χ1) is 4.71. The van der Waals surface area contributed by atoms with Gasteiger partial charge >= 0.3 is 0 Å². The second kappa shape index (κ2) is 3.99. The molecule has 68 valence electrons. The minimum Gasteiger partial charge on any atom is -0.378 e. The summed E-state index contributed by atoms with van der Waals surface area (Å²) >= 11 is 0. The molecule has 0 aliphatic heterocycles. The molecular weight excluding hydrogens is 175 g/mol. The largest absolute Gasteiger partial charge is 0.378 e. The molecule has 0 rings (SSSR count). The summed E-state index contributed by atoms with van der Waals surface area (Å²) < 4.78 is 11.0. The van der Waals surface area contributed by atoms with E-state index < -0.39 is 8.32 Å². The van der Waals surface area contributed by atoms with Gasteiger partial charge in [0.25, 0.3) is 0 Å². The van der Waals surface area contributed by atoms with Crippen LogP contribution in [0.2, 0.25) is 19.6 Å². The average Bonchev–Trinajstić information content (AvgIpc) is 1.55.